The fourth-order valence-corrected chi connectivity index (χ4v) is 3.66. The summed E-state index contributed by atoms with van der Waals surface area (Å²) < 4.78 is 8.04. The number of benzene rings is 3. The lowest BCUT2D eigenvalue weighted by molar-refractivity contribution is 0.0924. The summed E-state index contributed by atoms with van der Waals surface area (Å²) in [6.45, 7) is 4.44. The molecule has 4 aromatic rings. The van der Waals surface area contributed by atoms with E-state index in [4.69, 9.17) is 9.72 Å². The number of imidazole rings is 1. The summed E-state index contributed by atoms with van der Waals surface area (Å²) in [6.07, 6.45) is 2.64. The molecule has 4 rings (SSSR count). The van der Waals surface area contributed by atoms with Crippen molar-refractivity contribution in [3.05, 3.63) is 108 Å². The first kappa shape index (κ1) is 19.9. The van der Waals surface area contributed by atoms with Gasteiger partial charge in [-0.05, 0) is 35.7 Å². The second-order valence-electron chi connectivity index (χ2n) is 7.36. The highest BCUT2D eigenvalue weighted by atomic mass is 16.5. The first-order valence-corrected chi connectivity index (χ1v) is 10.2. The van der Waals surface area contributed by atoms with E-state index in [2.05, 4.69) is 23.3 Å². The van der Waals surface area contributed by atoms with Gasteiger partial charge in [0.05, 0.1) is 17.6 Å². The van der Waals surface area contributed by atoms with Crippen molar-refractivity contribution in [2.75, 3.05) is 6.61 Å². The summed E-state index contributed by atoms with van der Waals surface area (Å²) in [5.41, 5.74) is 4.22. The number of aromatic nitrogens is 2. The number of nitrogens with zero attached hydrogens (tertiary/aromatic N) is 2. The lowest BCUT2D eigenvalue weighted by Gasteiger charge is -2.17. The Balaban J connectivity index is 1.52. The smallest absolute Gasteiger partial charge is 0.122 e. The molecule has 3 aromatic carbocycles. The predicted molar refractivity (Wildman–Crippen MR) is 121 cm³/mol. The Morgan fingerprint density at radius 3 is 2.53 bits per heavy atom. The quantitative estimate of drug-likeness (QED) is 0.412. The molecule has 0 saturated carbocycles. The molecule has 0 aliphatic heterocycles. The van der Waals surface area contributed by atoms with Crippen LogP contribution in [0.15, 0.2) is 91.5 Å². The normalized spacial score (nSPS) is 12.0. The monoisotopic (exact) mass is 398 g/mol. The van der Waals surface area contributed by atoms with E-state index in [-0.39, 0.29) is 6.61 Å². The van der Waals surface area contributed by atoms with Crippen LogP contribution in [-0.4, -0.2) is 27.4 Å². The summed E-state index contributed by atoms with van der Waals surface area (Å²) >= 11 is 0. The molecule has 0 unspecified atom stereocenters. The van der Waals surface area contributed by atoms with Crippen LogP contribution in [0.25, 0.3) is 11.0 Å². The Kier molecular flexibility index (Phi) is 6.26. The molecular weight excluding hydrogens is 372 g/mol. The highest BCUT2D eigenvalue weighted by Crippen LogP contribution is 2.21. The summed E-state index contributed by atoms with van der Waals surface area (Å²) in [6, 6.07) is 26.2. The fraction of sp³-hybridized carbons (Fsp3) is 0.192. The molecule has 1 heterocycles. The Bertz CT molecular complexity index is 1120. The van der Waals surface area contributed by atoms with Crippen molar-refractivity contribution in [3.63, 3.8) is 0 Å². The zero-order valence-electron chi connectivity index (χ0n) is 16.9. The topological polar surface area (TPSA) is 47.3 Å². The number of aliphatic hydroxyl groups excluding tert-OH is 1. The maximum Gasteiger partial charge on any atom is 0.122 e. The van der Waals surface area contributed by atoms with Crippen LogP contribution in [0.1, 0.15) is 17.0 Å². The van der Waals surface area contributed by atoms with Gasteiger partial charge in [-0.25, -0.2) is 4.98 Å². The van der Waals surface area contributed by atoms with Crippen molar-refractivity contribution in [2.24, 2.45) is 0 Å². The third-order valence-corrected chi connectivity index (χ3v) is 5.10. The molecule has 0 aliphatic carbocycles. The van der Waals surface area contributed by atoms with E-state index >= 15 is 0 Å². The van der Waals surface area contributed by atoms with E-state index < -0.39 is 6.10 Å². The van der Waals surface area contributed by atoms with E-state index in [0.717, 1.165) is 34.6 Å². The van der Waals surface area contributed by atoms with Crippen LogP contribution in [0.2, 0.25) is 0 Å². The molecule has 1 atom stereocenters. The number of hydrogen-bond acceptors (Lipinski definition) is 3. The average molecular weight is 399 g/mol. The molecular formula is C26H26N2O2. The molecule has 0 bridgehead atoms. The third kappa shape index (κ3) is 4.61. The molecule has 4 heteroatoms. The van der Waals surface area contributed by atoms with Crippen LogP contribution in [-0.2, 0) is 19.4 Å². The molecule has 152 valence electrons. The highest BCUT2D eigenvalue weighted by molar-refractivity contribution is 5.76. The summed E-state index contributed by atoms with van der Waals surface area (Å²) in [7, 11) is 0. The van der Waals surface area contributed by atoms with Gasteiger partial charge in [-0.2, -0.15) is 0 Å². The van der Waals surface area contributed by atoms with Gasteiger partial charge in [0.2, 0.25) is 0 Å². The number of ether oxygens (including phenoxy) is 1. The highest BCUT2D eigenvalue weighted by Gasteiger charge is 2.15. The van der Waals surface area contributed by atoms with Gasteiger partial charge < -0.3 is 14.4 Å². The molecule has 0 radical (unpaired) electrons. The van der Waals surface area contributed by atoms with Gasteiger partial charge in [-0.3, -0.25) is 0 Å². The van der Waals surface area contributed by atoms with E-state index in [1.165, 1.54) is 5.56 Å². The van der Waals surface area contributed by atoms with Crippen LogP contribution in [0.4, 0.5) is 0 Å². The predicted octanol–water partition coefficient (Wildman–Crippen LogP) is 4.80. The van der Waals surface area contributed by atoms with Gasteiger partial charge >= 0.3 is 0 Å². The van der Waals surface area contributed by atoms with Gasteiger partial charge in [-0.1, -0.05) is 66.7 Å². The van der Waals surface area contributed by atoms with Gasteiger partial charge in [0.1, 0.15) is 24.3 Å². The zero-order chi connectivity index (χ0) is 20.8. The van der Waals surface area contributed by atoms with E-state index in [0.29, 0.717) is 13.0 Å². The van der Waals surface area contributed by atoms with Crippen molar-refractivity contribution in [1.29, 1.82) is 0 Å². The first-order valence-electron chi connectivity index (χ1n) is 10.2. The van der Waals surface area contributed by atoms with Gasteiger partial charge in [0.15, 0.2) is 0 Å². The molecule has 0 aliphatic rings. The molecule has 30 heavy (non-hydrogen) atoms. The maximum absolute atomic E-state index is 10.8. The number of fused-ring (bicyclic) bond motifs is 1. The lowest BCUT2D eigenvalue weighted by atomic mass is 10.1. The summed E-state index contributed by atoms with van der Waals surface area (Å²) in [4.78, 5) is 4.82. The number of hydrogen-bond donors (Lipinski definition) is 1. The average Bonchev–Trinajstić information content (AvgIpc) is 3.11. The Morgan fingerprint density at radius 1 is 0.967 bits per heavy atom. The lowest BCUT2D eigenvalue weighted by Crippen LogP contribution is -2.25. The molecule has 0 amide bonds. The van der Waals surface area contributed by atoms with Crippen molar-refractivity contribution in [3.8, 4) is 5.75 Å². The zero-order valence-corrected chi connectivity index (χ0v) is 16.9. The second-order valence-corrected chi connectivity index (χ2v) is 7.36. The number of aliphatic hydroxyl groups is 1. The minimum atomic E-state index is -0.658. The summed E-state index contributed by atoms with van der Waals surface area (Å²) in [5, 5.41) is 10.8. The maximum atomic E-state index is 10.8. The van der Waals surface area contributed by atoms with Crippen molar-refractivity contribution in [2.45, 2.75) is 25.5 Å². The van der Waals surface area contributed by atoms with Crippen LogP contribution in [0.5, 0.6) is 5.75 Å². The second kappa shape index (κ2) is 9.42. The Hall–Kier alpha value is -3.37. The van der Waals surface area contributed by atoms with E-state index in [1.807, 2.05) is 72.8 Å². The molecule has 1 aromatic heterocycles. The van der Waals surface area contributed by atoms with E-state index in [1.54, 1.807) is 0 Å². The summed E-state index contributed by atoms with van der Waals surface area (Å²) in [5.74, 6) is 1.73. The van der Waals surface area contributed by atoms with Gasteiger partial charge in [-0.15, -0.1) is 6.58 Å². The molecule has 0 fully saturated rings. The number of rotatable bonds is 9. The number of allylic oxidation sites excluding steroid dienone is 1. The van der Waals surface area contributed by atoms with Crippen molar-refractivity contribution in [1.82, 2.24) is 9.55 Å². The van der Waals surface area contributed by atoms with E-state index in [9.17, 15) is 5.11 Å². The van der Waals surface area contributed by atoms with Crippen molar-refractivity contribution < 1.29 is 9.84 Å². The molecule has 4 nitrogen and oxygen atoms in total. The minimum Gasteiger partial charge on any atom is -0.491 e. The Labute approximate surface area is 177 Å². The fourth-order valence-electron chi connectivity index (χ4n) is 3.66. The largest absolute Gasteiger partial charge is 0.491 e. The number of para-hydroxylation sites is 3. The van der Waals surface area contributed by atoms with Gasteiger partial charge in [0, 0.05) is 6.42 Å². The SMILES string of the molecule is C=CCc1ccccc1OC[C@@H](O)Cn1c(Cc2ccccc2)nc2ccccc21. The van der Waals surface area contributed by atoms with Crippen molar-refractivity contribution >= 4 is 11.0 Å². The third-order valence-electron chi connectivity index (χ3n) is 5.10. The van der Waals surface area contributed by atoms with Crippen LogP contribution in [0.3, 0.4) is 0 Å². The standard InChI is InChI=1S/C26H26N2O2/c1-2-10-21-13-6-9-16-25(21)30-19-22(29)18-28-24-15-8-7-14-23(24)27-26(28)17-20-11-4-3-5-12-20/h2-9,11-16,22,29H,1,10,17-19H2/t22-/m0/s1. The van der Waals surface area contributed by atoms with Crippen LogP contribution < -0.4 is 4.74 Å². The first-order chi connectivity index (χ1) is 14.7. The van der Waals surface area contributed by atoms with Gasteiger partial charge in [0.25, 0.3) is 0 Å². The molecule has 0 spiro atoms. The van der Waals surface area contributed by atoms with Crippen LogP contribution in [0, 0.1) is 0 Å². The molecule has 1 N–H and O–H groups in total. The molecule has 0 saturated heterocycles. The minimum absolute atomic E-state index is 0.214. The Morgan fingerprint density at radius 2 is 1.70 bits per heavy atom. The van der Waals surface area contributed by atoms with Crippen LogP contribution >= 0.6 is 0 Å².